The lowest BCUT2D eigenvalue weighted by Crippen LogP contribution is -2.74. The van der Waals surface area contributed by atoms with Gasteiger partial charge in [0.2, 0.25) is 11.8 Å². The molecule has 2 aromatic rings. The van der Waals surface area contributed by atoms with Gasteiger partial charge in [-0.2, -0.15) is 0 Å². The number of rotatable bonds is 4. The molecule has 0 saturated carbocycles. The van der Waals surface area contributed by atoms with Crippen LogP contribution in [-0.2, 0) is 20.7 Å². The number of nitrogens with zero attached hydrogens (tertiary/aromatic N) is 2. The fourth-order valence-electron chi connectivity index (χ4n) is 5.61. The summed E-state index contributed by atoms with van der Waals surface area (Å²) >= 11 is 0. The van der Waals surface area contributed by atoms with Crippen molar-refractivity contribution in [2.45, 2.75) is 76.5 Å². The minimum atomic E-state index is -0.866. The summed E-state index contributed by atoms with van der Waals surface area (Å²) in [6.45, 7) is 10.2. The molecule has 2 bridgehead atoms. The Balaban J connectivity index is 1.83. The molecule has 3 saturated heterocycles. The summed E-state index contributed by atoms with van der Waals surface area (Å²) in [5, 5.41) is 0. The smallest absolute Gasteiger partial charge is 0.249 e. The SMILES string of the molecule is CC(C)(c1ccccc1)N1C(=O)[C@]2(C)CCC[C@H]1C(=O)N2C(C)(C)c1ccccc1. The Morgan fingerprint density at radius 1 is 0.833 bits per heavy atom. The summed E-state index contributed by atoms with van der Waals surface area (Å²) in [5.74, 6) is 0.120. The summed E-state index contributed by atoms with van der Waals surface area (Å²) in [7, 11) is 0. The van der Waals surface area contributed by atoms with E-state index in [2.05, 4.69) is 27.7 Å². The normalized spacial score (nSPS) is 24.9. The lowest BCUT2D eigenvalue weighted by atomic mass is 9.80. The fourth-order valence-corrected chi connectivity index (χ4v) is 5.61. The molecular weight excluding hydrogens is 372 g/mol. The van der Waals surface area contributed by atoms with Crippen molar-refractivity contribution in [3.63, 3.8) is 0 Å². The van der Waals surface area contributed by atoms with Crippen LogP contribution in [-0.4, -0.2) is 33.2 Å². The molecule has 3 aliphatic heterocycles. The quantitative estimate of drug-likeness (QED) is 0.732. The number of piperazine rings is 1. The standard InChI is InChI=1S/C26H32N2O2/c1-24(2,19-13-8-6-9-14-19)27-21-17-12-18-26(5,23(27)30)28(22(21)29)25(3,4)20-15-10-7-11-16-20/h6-11,13-16,21H,12,17-18H2,1-5H3/t21-,26-/m0/s1. The monoisotopic (exact) mass is 404 g/mol. The van der Waals surface area contributed by atoms with Gasteiger partial charge in [0.15, 0.2) is 0 Å². The van der Waals surface area contributed by atoms with Crippen LogP contribution in [0.4, 0.5) is 0 Å². The summed E-state index contributed by atoms with van der Waals surface area (Å²) in [6.07, 6.45) is 2.25. The van der Waals surface area contributed by atoms with Gasteiger partial charge in [-0.3, -0.25) is 9.59 Å². The molecule has 4 heteroatoms. The Labute approximate surface area is 179 Å². The van der Waals surface area contributed by atoms with Gasteiger partial charge >= 0.3 is 0 Å². The largest absolute Gasteiger partial charge is 0.319 e. The summed E-state index contributed by atoms with van der Waals surface area (Å²) in [4.78, 5) is 31.9. The van der Waals surface area contributed by atoms with Crippen LogP contribution in [0.2, 0.25) is 0 Å². The summed E-state index contributed by atoms with van der Waals surface area (Å²) in [6, 6.07) is 19.7. The molecule has 3 heterocycles. The van der Waals surface area contributed by atoms with E-state index in [4.69, 9.17) is 0 Å². The Morgan fingerprint density at radius 2 is 1.33 bits per heavy atom. The maximum Gasteiger partial charge on any atom is 0.249 e. The highest BCUT2D eigenvalue weighted by Crippen LogP contribution is 2.48. The Morgan fingerprint density at radius 3 is 1.87 bits per heavy atom. The molecule has 0 radical (unpaired) electrons. The van der Waals surface area contributed by atoms with Crippen molar-refractivity contribution < 1.29 is 9.59 Å². The van der Waals surface area contributed by atoms with E-state index < -0.39 is 22.7 Å². The zero-order valence-electron chi connectivity index (χ0n) is 18.7. The molecule has 4 nitrogen and oxygen atoms in total. The predicted molar refractivity (Wildman–Crippen MR) is 119 cm³/mol. The molecule has 2 atom stereocenters. The average molecular weight is 405 g/mol. The first-order valence-corrected chi connectivity index (χ1v) is 10.9. The Kier molecular flexibility index (Phi) is 4.80. The maximum atomic E-state index is 14.1. The fraction of sp³-hybridized carbons (Fsp3) is 0.462. The first kappa shape index (κ1) is 20.6. The second-order valence-corrected chi connectivity index (χ2v) is 9.88. The highest BCUT2D eigenvalue weighted by Gasteiger charge is 2.61. The molecule has 0 aromatic heterocycles. The van der Waals surface area contributed by atoms with Gasteiger partial charge in [-0.15, -0.1) is 0 Å². The van der Waals surface area contributed by atoms with E-state index in [0.29, 0.717) is 12.8 Å². The summed E-state index contributed by atoms with van der Waals surface area (Å²) < 4.78 is 0. The van der Waals surface area contributed by atoms with Crippen molar-refractivity contribution in [2.75, 3.05) is 0 Å². The number of benzene rings is 2. The van der Waals surface area contributed by atoms with E-state index in [1.807, 2.05) is 77.4 Å². The van der Waals surface area contributed by atoms with Gasteiger partial charge in [0.25, 0.3) is 0 Å². The van der Waals surface area contributed by atoms with E-state index in [9.17, 15) is 9.59 Å². The number of fused-ring (bicyclic) bond motifs is 4. The van der Waals surface area contributed by atoms with E-state index >= 15 is 0 Å². The van der Waals surface area contributed by atoms with Gasteiger partial charge in [-0.05, 0) is 65.0 Å². The third kappa shape index (κ3) is 2.88. The van der Waals surface area contributed by atoms with Crippen molar-refractivity contribution in [3.8, 4) is 0 Å². The maximum absolute atomic E-state index is 14.1. The summed E-state index contributed by atoms with van der Waals surface area (Å²) in [5.41, 5.74) is 0.0989. The molecule has 2 amide bonds. The zero-order valence-corrected chi connectivity index (χ0v) is 18.7. The first-order valence-electron chi connectivity index (χ1n) is 10.9. The van der Waals surface area contributed by atoms with Crippen LogP contribution in [0.3, 0.4) is 0 Å². The number of hydrogen-bond acceptors (Lipinski definition) is 2. The van der Waals surface area contributed by atoms with Crippen LogP contribution in [0.5, 0.6) is 0 Å². The minimum absolute atomic E-state index is 0.0578. The molecule has 0 N–H and O–H groups in total. The first-order chi connectivity index (χ1) is 14.1. The minimum Gasteiger partial charge on any atom is -0.319 e. The van der Waals surface area contributed by atoms with Gasteiger partial charge < -0.3 is 9.80 Å². The van der Waals surface area contributed by atoms with Gasteiger partial charge in [-0.25, -0.2) is 0 Å². The highest BCUT2D eigenvalue weighted by atomic mass is 16.2. The Hall–Kier alpha value is -2.62. The molecule has 3 aliphatic rings. The third-order valence-corrected chi connectivity index (χ3v) is 7.25. The molecule has 0 unspecified atom stereocenters. The van der Waals surface area contributed by atoms with Crippen LogP contribution in [0.25, 0.3) is 0 Å². The van der Waals surface area contributed by atoms with Gasteiger partial charge in [-0.1, -0.05) is 60.7 Å². The number of amides is 2. The number of hydrogen-bond donors (Lipinski definition) is 0. The average Bonchev–Trinajstić information content (AvgIpc) is 2.94. The van der Waals surface area contributed by atoms with E-state index in [1.54, 1.807) is 0 Å². The molecular formula is C26H32N2O2. The van der Waals surface area contributed by atoms with Crippen molar-refractivity contribution in [3.05, 3.63) is 71.8 Å². The Bertz CT molecular complexity index is 952. The zero-order chi connectivity index (χ0) is 21.7. The number of carbonyl (C=O) groups excluding carboxylic acids is 2. The van der Waals surface area contributed by atoms with Crippen molar-refractivity contribution in [2.24, 2.45) is 0 Å². The van der Waals surface area contributed by atoms with Crippen molar-refractivity contribution in [1.82, 2.24) is 9.80 Å². The van der Waals surface area contributed by atoms with Crippen LogP contribution < -0.4 is 0 Å². The van der Waals surface area contributed by atoms with Crippen LogP contribution >= 0.6 is 0 Å². The molecule has 30 heavy (non-hydrogen) atoms. The van der Waals surface area contributed by atoms with Crippen molar-refractivity contribution >= 4 is 11.8 Å². The van der Waals surface area contributed by atoms with Crippen LogP contribution in [0.1, 0.15) is 65.0 Å². The third-order valence-electron chi connectivity index (χ3n) is 7.25. The second-order valence-electron chi connectivity index (χ2n) is 9.88. The second kappa shape index (κ2) is 6.97. The molecule has 3 fully saturated rings. The molecule has 158 valence electrons. The van der Waals surface area contributed by atoms with Gasteiger partial charge in [0.1, 0.15) is 11.6 Å². The molecule has 0 aliphatic carbocycles. The van der Waals surface area contributed by atoms with Crippen molar-refractivity contribution in [1.29, 1.82) is 0 Å². The predicted octanol–water partition coefficient (Wildman–Crippen LogP) is 4.84. The van der Waals surface area contributed by atoms with Gasteiger partial charge in [0.05, 0.1) is 11.1 Å². The van der Waals surface area contributed by atoms with E-state index in [1.165, 1.54) is 0 Å². The van der Waals surface area contributed by atoms with E-state index in [-0.39, 0.29) is 11.8 Å². The topological polar surface area (TPSA) is 40.6 Å². The van der Waals surface area contributed by atoms with Crippen LogP contribution in [0.15, 0.2) is 60.7 Å². The lowest BCUT2D eigenvalue weighted by molar-refractivity contribution is -0.183. The van der Waals surface area contributed by atoms with Crippen LogP contribution in [0, 0.1) is 0 Å². The highest BCUT2D eigenvalue weighted by molar-refractivity contribution is 6.01. The molecule has 0 spiro atoms. The molecule has 2 aromatic carbocycles. The lowest BCUT2D eigenvalue weighted by Gasteiger charge is -2.58. The number of carbonyl (C=O) groups is 2. The van der Waals surface area contributed by atoms with Gasteiger partial charge in [0, 0.05) is 0 Å². The van der Waals surface area contributed by atoms with E-state index in [0.717, 1.165) is 17.5 Å². The molecule has 5 rings (SSSR count).